The summed E-state index contributed by atoms with van der Waals surface area (Å²) >= 11 is 0. The lowest BCUT2D eigenvalue weighted by Gasteiger charge is -2.29. The maximum Gasteiger partial charge on any atom is 0.407 e. The van der Waals surface area contributed by atoms with Crippen molar-refractivity contribution >= 4 is 18.0 Å². The average Bonchev–Trinajstić information content (AvgIpc) is 3.10. The zero-order valence-corrected chi connectivity index (χ0v) is 22.1. The Kier molecular flexibility index (Phi) is 10.4. The molecule has 1 aliphatic heterocycles. The van der Waals surface area contributed by atoms with Gasteiger partial charge in [-0.05, 0) is 77.5 Å². The lowest BCUT2D eigenvalue weighted by Crippen LogP contribution is -2.46. The number of carbonyl (C=O) groups excluding carboxylic acids is 3. The first kappa shape index (κ1) is 28.5. The van der Waals surface area contributed by atoms with Crippen LogP contribution >= 0.6 is 0 Å². The minimum Gasteiger partial charge on any atom is -0.494 e. The van der Waals surface area contributed by atoms with Gasteiger partial charge in [-0.1, -0.05) is 25.5 Å². The standard InChI is InChI=1S/C27H42N2O6/c1-7-8-19-34-21-14-12-20(13-15-21)27(5)16-18-29(24(27)31)22(23(30)33-6)11-9-10-17-28-25(32)35-26(2,3)4/h12-15,22H,7-11,16-19H2,1-6H3,(H,28,32)/t22-,27+/m1/s1. The summed E-state index contributed by atoms with van der Waals surface area (Å²) in [5.74, 6) is 0.308. The number of likely N-dealkylation sites (tertiary alicyclic amines) is 1. The van der Waals surface area contributed by atoms with E-state index in [1.165, 1.54) is 7.11 Å². The summed E-state index contributed by atoms with van der Waals surface area (Å²) in [7, 11) is 1.34. The van der Waals surface area contributed by atoms with E-state index in [-0.39, 0.29) is 5.91 Å². The molecule has 0 unspecified atom stereocenters. The van der Waals surface area contributed by atoms with Gasteiger partial charge in [-0.15, -0.1) is 0 Å². The maximum atomic E-state index is 13.5. The highest BCUT2D eigenvalue weighted by Crippen LogP contribution is 2.38. The number of alkyl carbamates (subject to hydrolysis) is 1. The number of esters is 1. The van der Waals surface area contributed by atoms with Crippen molar-refractivity contribution in [3.8, 4) is 5.75 Å². The number of hydrogen-bond donors (Lipinski definition) is 1. The third-order valence-electron chi connectivity index (χ3n) is 6.27. The van der Waals surface area contributed by atoms with E-state index in [1.54, 1.807) is 4.90 Å². The molecule has 8 nitrogen and oxygen atoms in total. The molecule has 0 bridgehead atoms. The molecule has 1 heterocycles. The van der Waals surface area contributed by atoms with Crippen LogP contribution in [-0.2, 0) is 24.5 Å². The second-order valence-corrected chi connectivity index (χ2v) is 10.3. The Morgan fingerprint density at radius 3 is 2.43 bits per heavy atom. The number of amides is 2. The van der Waals surface area contributed by atoms with Gasteiger partial charge >= 0.3 is 12.1 Å². The van der Waals surface area contributed by atoms with E-state index < -0.39 is 29.1 Å². The molecule has 196 valence electrons. The predicted octanol–water partition coefficient (Wildman–Crippen LogP) is 4.59. The maximum absolute atomic E-state index is 13.5. The zero-order chi connectivity index (χ0) is 26.1. The number of nitrogens with zero attached hydrogens (tertiary/aromatic N) is 1. The van der Waals surface area contributed by atoms with Crippen molar-refractivity contribution in [2.75, 3.05) is 26.8 Å². The minimum atomic E-state index is -0.702. The molecular weight excluding hydrogens is 448 g/mol. The fourth-order valence-electron chi connectivity index (χ4n) is 4.19. The molecule has 1 fully saturated rings. The molecule has 0 saturated carbocycles. The second-order valence-electron chi connectivity index (χ2n) is 10.3. The molecule has 35 heavy (non-hydrogen) atoms. The lowest BCUT2D eigenvalue weighted by molar-refractivity contribution is -0.152. The fraction of sp³-hybridized carbons (Fsp3) is 0.667. The molecule has 1 aliphatic rings. The van der Waals surface area contributed by atoms with Crippen LogP contribution in [-0.4, -0.2) is 61.3 Å². The molecule has 0 radical (unpaired) electrons. The Morgan fingerprint density at radius 2 is 1.83 bits per heavy atom. The SMILES string of the molecule is CCCCOc1ccc([C@]2(C)CCN([C@H](CCCCNC(=O)OC(C)(C)C)C(=O)OC)C2=O)cc1. The summed E-state index contributed by atoms with van der Waals surface area (Å²) in [6, 6.07) is 7.05. The van der Waals surface area contributed by atoms with Gasteiger partial charge in [0.05, 0.1) is 19.1 Å². The molecule has 0 aromatic heterocycles. The molecule has 2 atom stereocenters. The topological polar surface area (TPSA) is 94.2 Å². The highest BCUT2D eigenvalue weighted by Gasteiger charge is 2.47. The molecule has 1 aromatic carbocycles. The van der Waals surface area contributed by atoms with Crippen LogP contribution in [0.15, 0.2) is 24.3 Å². The van der Waals surface area contributed by atoms with Crippen LogP contribution in [0.3, 0.4) is 0 Å². The second kappa shape index (κ2) is 12.8. The van der Waals surface area contributed by atoms with Crippen LogP contribution in [0.4, 0.5) is 4.79 Å². The number of benzene rings is 1. The van der Waals surface area contributed by atoms with E-state index >= 15 is 0 Å². The number of nitrogens with one attached hydrogen (secondary N) is 1. The van der Waals surface area contributed by atoms with Crippen molar-refractivity contribution in [2.24, 2.45) is 0 Å². The number of hydrogen-bond acceptors (Lipinski definition) is 6. The summed E-state index contributed by atoms with van der Waals surface area (Å²) in [6.45, 7) is 11.1. The first-order valence-corrected chi connectivity index (χ1v) is 12.6. The van der Waals surface area contributed by atoms with Gasteiger partial charge in [0, 0.05) is 13.1 Å². The van der Waals surface area contributed by atoms with Crippen LogP contribution < -0.4 is 10.1 Å². The Morgan fingerprint density at radius 1 is 1.14 bits per heavy atom. The summed E-state index contributed by atoms with van der Waals surface area (Å²) in [5, 5.41) is 2.72. The van der Waals surface area contributed by atoms with Gasteiger partial charge in [-0.25, -0.2) is 9.59 Å². The highest BCUT2D eigenvalue weighted by atomic mass is 16.6. The molecule has 1 N–H and O–H groups in total. The van der Waals surface area contributed by atoms with E-state index in [0.29, 0.717) is 45.4 Å². The van der Waals surface area contributed by atoms with Crippen molar-refractivity contribution in [1.82, 2.24) is 10.2 Å². The Balaban J connectivity index is 1.96. The smallest absolute Gasteiger partial charge is 0.407 e. The Hall–Kier alpha value is -2.77. The van der Waals surface area contributed by atoms with Gasteiger partial charge < -0.3 is 24.4 Å². The van der Waals surface area contributed by atoms with Crippen molar-refractivity contribution in [2.45, 2.75) is 90.2 Å². The number of ether oxygens (including phenoxy) is 3. The summed E-state index contributed by atoms with van der Waals surface area (Å²) in [4.78, 5) is 39.5. The van der Waals surface area contributed by atoms with E-state index in [1.807, 2.05) is 52.0 Å². The number of unbranched alkanes of at least 4 members (excludes halogenated alkanes) is 2. The molecule has 0 spiro atoms. The molecule has 0 aliphatic carbocycles. The van der Waals surface area contributed by atoms with Crippen molar-refractivity contribution in [3.63, 3.8) is 0 Å². The zero-order valence-electron chi connectivity index (χ0n) is 22.1. The first-order chi connectivity index (χ1) is 16.5. The summed E-state index contributed by atoms with van der Waals surface area (Å²) < 4.78 is 16.0. The van der Waals surface area contributed by atoms with Crippen LogP contribution in [0.1, 0.15) is 78.7 Å². The average molecular weight is 491 g/mol. The van der Waals surface area contributed by atoms with Crippen molar-refractivity contribution in [3.05, 3.63) is 29.8 Å². The minimum absolute atomic E-state index is 0.0700. The van der Waals surface area contributed by atoms with Crippen molar-refractivity contribution in [1.29, 1.82) is 0 Å². The fourth-order valence-corrected chi connectivity index (χ4v) is 4.19. The third-order valence-corrected chi connectivity index (χ3v) is 6.27. The summed E-state index contributed by atoms with van der Waals surface area (Å²) in [6.07, 6.45) is 4.01. The molecule has 8 heteroatoms. The molecular formula is C27H42N2O6. The molecule has 1 saturated heterocycles. The van der Waals surface area contributed by atoms with E-state index in [2.05, 4.69) is 12.2 Å². The predicted molar refractivity (Wildman–Crippen MR) is 134 cm³/mol. The van der Waals surface area contributed by atoms with Crippen LogP contribution in [0, 0.1) is 0 Å². The van der Waals surface area contributed by atoms with Gasteiger partial charge in [0.2, 0.25) is 5.91 Å². The van der Waals surface area contributed by atoms with Gasteiger partial charge in [0.25, 0.3) is 0 Å². The van der Waals surface area contributed by atoms with E-state index in [9.17, 15) is 14.4 Å². The quantitative estimate of drug-likeness (QED) is 0.340. The van der Waals surface area contributed by atoms with Gasteiger partial charge in [0.1, 0.15) is 17.4 Å². The third kappa shape index (κ3) is 8.15. The Labute approximate surface area is 209 Å². The summed E-state index contributed by atoms with van der Waals surface area (Å²) in [5.41, 5.74) is -0.337. The number of carbonyl (C=O) groups is 3. The monoisotopic (exact) mass is 490 g/mol. The lowest BCUT2D eigenvalue weighted by atomic mass is 9.81. The van der Waals surface area contributed by atoms with E-state index in [4.69, 9.17) is 14.2 Å². The van der Waals surface area contributed by atoms with Gasteiger partial charge in [-0.2, -0.15) is 0 Å². The largest absolute Gasteiger partial charge is 0.494 e. The van der Waals surface area contributed by atoms with Crippen LogP contribution in [0.25, 0.3) is 0 Å². The van der Waals surface area contributed by atoms with Gasteiger partial charge in [-0.3, -0.25) is 4.79 Å². The first-order valence-electron chi connectivity index (χ1n) is 12.6. The molecule has 2 amide bonds. The normalized spacial score (nSPS) is 18.8. The van der Waals surface area contributed by atoms with E-state index in [0.717, 1.165) is 24.2 Å². The van der Waals surface area contributed by atoms with Crippen LogP contribution in [0.2, 0.25) is 0 Å². The Bertz CT molecular complexity index is 848. The van der Waals surface area contributed by atoms with Gasteiger partial charge in [0.15, 0.2) is 0 Å². The number of rotatable bonds is 12. The number of methoxy groups -OCH3 is 1. The van der Waals surface area contributed by atoms with Crippen LogP contribution in [0.5, 0.6) is 5.75 Å². The highest BCUT2D eigenvalue weighted by molar-refractivity contribution is 5.93. The molecule has 1 aromatic rings. The molecule has 2 rings (SSSR count). The van der Waals surface area contributed by atoms with Crippen molar-refractivity contribution < 1.29 is 28.6 Å².